The highest BCUT2D eigenvalue weighted by atomic mass is 16.1. The van der Waals surface area contributed by atoms with Crippen molar-refractivity contribution >= 4 is 16.9 Å². The molecular formula is C23H24N6O. The summed E-state index contributed by atoms with van der Waals surface area (Å²) in [5, 5.41) is 11.6. The van der Waals surface area contributed by atoms with E-state index in [2.05, 4.69) is 50.9 Å². The van der Waals surface area contributed by atoms with Crippen LogP contribution in [-0.4, -0.2) is 36.9 Å². The van der Waals surface area contributed by atoms with Crippen molar-refractivity contribution in [3.8, 4) is 22.5 Å². The molecule has 1 amide bonds. The Morgan fingerprint density at radius 1 is 1.13 bits per heavy atom. The fourth-order valence-electron chi connectivity index (χ4n) is 4.27. The first-order chi connectivity index (χ1) is 14.7. The maximum absolute atomic E-state index is 11.7. The number of benzene rings is 1. The molecule has 0 spiro atoms. The second-order valence-electron chi connectivity index (χ2n) is 7.83. The Balaban J connectivity index is 1.36. The molecule has 7 nitrogen and oxygen atoms in total. The number of hydrogen-bond acceptors (Lipinski definition) is 4. The van der Waals surface area contributed by atoms with E-state index < -0.39 is 0 Å². The molecule has 7 heteroatoms. The van der Waals surface area contributed by atoms with Crippen LogP contribution >= 0.6 is 0 Å². The Morgan fingerprint density at radius 2 is 1.97 bits per heavy atom. The Labute approximate surface area is 174 Å². The van der Waals surface area contributed by atoms with Crippen LogP contribution < -0.4 is 5.32 Å². The highest BCUT2D eigenvalue weighted by Gasteiger charge is 2.29. The largest absolute Gasteiger partial charge is 0.360 e. The highest BCUT2D eigenvalue weighted by molar-refractivity contribution is 5.79. The third-order valence-electron chi connectivity index (χ3n) is 5.89. The maximum Gasteiger partial charge on any atom is 0.219 e. The molecule has 0 saturated heterocycles. The molecule has 1 saturated carbocycles. The summed E-state index contributed by atoms with van der Waals surface area (Å²) in [6.45, 7) is 1.88. The number of rotatable bonds is 5. The molecule has 3 heterocycles. The molecule has 1 aliphatic rings. The van der Waals surface area contributed by atoms with Gasteiger partial charge in [0.1, 0.15) is 0 Å². The smallest absolute Gasteiger partial charge is 0.219 e. The van der Waals surface area contributed by atoms with Crippen molar-refractivity contribution in [1.29, 1.82) is 0 Å². The quantitative estimate of drug-likeness (QED) is 0.528. The van der Waals surface area contributed by atoms with Crippen LogP contribution in [0.2, 0.25) is 0 Å². The molecule has 2 N–H and O–H groups in total. The average Bonchev–Trinajstić information content (AvgIpc) is 3.53. The summed E-state index contributed by atoms with van der Waals surface area (Å²) < 4.78 is 2.01. The van der Waals surface area contributed by atoms with Crippen molar-refractivity contribution in [1.82, 2.24) is 30.3 Å². The van der Waals surface area contributed by atoms with Crippen molar-refractivity contribution in [2.75, 3.05) is 0 Å². The zero-order valence-corrected chi connectivity index (χ0v) is 16.9. The molecule has 4 aromatic rings. The first kappa shape index (κ1) is 18.5. The van der Waals surface area contributed by atoms with Gasteiger partial charge in [-0.1, -0.05) is 36.4 Å². The molecule has 0 bridgehead atoms. The molecule has 3 aromatic heterocycles. The van der Waals surface area contributed by atoms with Gasteiger partial charge in [-0.2, -0.15) is 0 Å². The van der Waals surface area contributed by atoms with Gasteiger partial charge in [0.15, 0.2) is 0 Å². The number of aromatic nitrogens is 5. The van der Waals surface area contributed by atoms with Crippen LogP contribution in [0.5, 0.6) is 0 Å². The number of hydrogen-bond donors (Lipinski definition) is 2. The molecule has 0 aliphatic heterocycles. The van der Waals surface area contributed by atoms with Crippen LogP contribution in [0.3, 0.4) is 0 Å². The van der Waals surface area contributed by atoms with E-state index in [1.54, 1.807) is 0 Å². The lowest BCUT2D eigenvalue weighted by atomic mass is 10.1. The third-order valence-corrected chi connectivity index (χ3v) is 5.89. The topological polar surface area (TPSA) is 88.5 Å². The Bertz CT molecular complexity index is 1180. The molecule has 5 rings (SSSR count). The van der Waals surface area contributed by atoms with Crippen molar-refractivity contribution in [3.63, 3.8) is 0 Å². The van der Waals surface area contributed by atoms with Crippen molar-refractivity contribution in [3.05, 3.63) is 54.9 Å². The van der Waals surface area contributed by atoms with E-state index in [9.17, 15) is 4.79 Å². The summed E-state index contributed by atoms with van der Waals surface area (Å²) in [6.07, 6.45) is 7.09. The monoisotopic (exact) mass is 400 g/mol. The van der Waals surface area contributed by atoms with Gasteiger partial charge in [0, 0.05) is 29.8 Å². The Kier molecular flexibility index (Phi) is 4.78. The van der Waals surface area contributed by atoms with Crippen LogP contribution in [0.25, 0.3) is 33.5 Å². The minimum Gasteiger partial charge on any atom is -0.360 e. The number of carbonyl (C=O) groups is 1. The summed E-state index contributed by atoms with van der Waals surface area (Å²) in [7, 11) is 0. The summed E-state index contributed by atoms with van der Waals surface area (Å²) in [6, 6.07) is 14.9. The van der Waals surface area contributed by atoms with Crippen molar-refractivity contribution in [2.45, 2.75) is 44.7 Å². The summed E-state index contributed by atoms with van der Waals surface area (Å²) in [4.78, 5) is 19.6. The molecule has 0 radical (unpaired) electrons. The van der Waals surface area contributed by atoms with Crippen LogP contribution in [0.1, 0.15) is 38.6 Å². The first-order valence-electron chi connectivity index (χ1n) is 10.5. The van der Waals surface area contributed by atoms with Gasteiger partial charge in [-0.05, 0) is 37.5 Å². The summed E-state index contributed by atoms with van der Waals surface area (Å²) in [5.74, 6) is 0.112. The van der Waals surface area contributed by atoms with Crippen molar-refractivity contribution < 1.29 is 4.79 Å². The van der Waals surface area contributed by atoms with Crippen LogP contribution in [0, 0.1) is 0 Å². The molecule has 1 fully saturated rings. The molecule has 1 aromatic carbocycles. The molecule has 0 unspecified atom stereocenters. The van der Waals surface area contributed by atoms with Gasteiger partial charge < -0.3 is 10.3 Å². The van der Waals surface area contributed by atoms with E-state index in [-0.39, 0.29) is 18.0 Å². The second-order valence-corrected chi connectivity index (χ2v) is 7.83. The summed E-state index contributed by atoms with van der Waals surface area (Å²) in [5.41, 5.74) is 6.10. The number of pyridine rings is 1. The lowest BCUT2D eigenvalue weighted by Gasteiger charge is -2.15. The molecular weight excluding hydrogens is 376 g/mol. The fraction of sp³-hybridized carbons (Fsp3) is 0.304. The zero-order chi connectivity index (χ0) is 20.5. The predicted octanol–water partition coefficient (Wildman–Crippen LogP) is 4.11. The lowest BCUT2D eigenvalue weighted by Crippen LogP contribution is -2.32. The number of amides is 1. The Hall–Kier alpha value is -3.48. The van der Waals surface area contributed by atoms with E-state index in [1.165, 1.54) is 0 Å². The van der Waals surface area contributed by atoms with E-state index in [0.717, 1.165) is 52.8 Å². The van der Waals surface area contributed by atoms with Crippen LogP contribution in [0.15, 0.2) is 54.9 Å². The van der Waals surface area contributed by atoms with Gasteiger partial charge >= 0.3 is 0 Å². The lowest BCUT2D eigenvalue weighted by molar-refractivity contribution is -0.121. The van der Waals surface area contributed by atoms with Gasteiger partial charge in [-0.3, -0.25) is 4.79 Å². The minimum atomic E-state index is 0.112. The van der Waals surface area contributed by atoms with Crippen LogP contribution in [-0.2, 0) is 4.79 Å². The third kappa shape index (κ3) is 3.47. The molecule has 152 valence electrons. The van der Waals surface area contributed by atoms with Crippen molar-refractivity contribution in [2.24, 2.45) is 0 Å². The highest BCUT2D eigenvalue weighted by Crippen LogP contribution is 2.33. The van der Waals surface area contributed by atoms with E-state index in [0.29, 0.717) is 6.42 Å². The molecule has 1 aliphatic carbocycles. The number of fused-ring (bicyclic) bond motifs is 1. The number of nitrogens with zero attached hydrogens (tertiary/aromatic N) is 4. The van der Waals surface area contributed by atoms with Gasteiger partial charge in [-0.15, -0.1) is 5.10 Å². The van der Waals surface area contributed by atoms with Gasteiger partial charge in [0.2, 0.25) is 5.91 Å². The van der Waals surface area contributed by atoms with E-state index in [1.807, 2.05) is 36.1 Å². The first-order valence-corrected chi connectivity index (χ1v) is 10.5. The molecule has 2 atom stereocenters. The number of nitrogens with one attached hydrogen (secondary N) is 2. The number of aromatic amines is 1. The Morgan fingerprint density at radius 3 is 2.80 bits per heavy atom. The molecule has 30 heavy (non-hydrogen) atoms. The SMILES string of the molecule is CCC(=O)N[C@H]1CC[C@@H](n2nncc2-c2ccc(-c3ccc4[nH]ccc4n3)cc2)C1. The number of H-pyrrole nitrogens is 1. The maximum atomic E-state index is 11.7. The second kappa shape index (κ2) is 7.74. The van der Waals surface area contributed by atoms with E-state index >= 15 is 0 Å². The van der Waals surface area contributed by atoms with Gasteiger partial charge in [0.05, 0.1) is 34.7 Å². The standard InChI is InChI=1S/C23H24N6O/c1-2-23(30)26-17-7-8-18(13-17)29-22(14-25-28-29)16-5-3-15(4-6-16)19-9-10-20-21(27-19)11-12-24-20/h3-6,9-12,14,17-18,24H,2,7-8,13H2,1H3,(H,26,30)/t17-,18+/m0/s1. The predicted molar refractivity (Wildman–Crippen MR) is 116 cm³/mol. The van der Waals surface area contributed by atoms with Crippen LogP contribution in [0.4, 0.5) is 0 Å². The minimum absolute atomic E-state index is 0.112. The van der Waals surface area contributed by atoms with E-state index in [4.69, 9.17) is 4.98 Å². The normalized spacial score (nSPS) is 18.7. The van der Waals surface area contributed by atoms with Gasteiger partial charge in [0.25, 0.3) is 0 Å². The average molecular weight is 400 g/mol. The summed E-state index contributed by atoms with van der Waals surface area (Å²) >= 11 is 0. The fourth-order valence-corrected chi connectivity index (χ4v) is 4.27. The van der Waals surface area contributed by atoms with Gasteiger partial charge in [-0.25, -0.2) is 9.67 Å². The zero-order valence-electron chi connectivity index (χ0n) is 16.9. The number of carbonyl (C=O) groups excluding carboxylic acids is 1.